The Hall–Kier alpha value is -3.89. The molecule has 0 unspecified atom stereocenters. The topological polar surface area (TPSA) is 176 Å². The van der Waals surface area contributed by atoms with E-state index in [0.29, 0.717) is 5.56 Å². The van der Waals surface area contributed by atoms with Crippen molar-refractivity contribution in [3.05, 3.63) is 78.4 Å². The summed E-state index contributed by atoms with van der Waals surface area (Å²) < 4.78 is 12.1. The van der Waals surface area contributed by atoms with Gasteiger partial charge in [0.05, 0.1) is 17.2 Å². The van der Waals surface area contributed by atoms with E-state index in [1.165, 1.54) is 42.0 Å². The molecule has 1 saturated heterocycles. The van der Waals surface area contributed by atoms with Crippen molar-refractivity contribution in [2.75, 3.05) is 6.61 Å². The minimum Gasteiger partial charge on any atom is -0.478 e. The molecule has 0 spiro atoms. The lowest BCUT2D eigenvalue weighted by Gasteiger charge is -2.17. The zero-order valence-corrected chi connectivity index (χ0v) is 15.7. The van der Waals surface area contributed by atoms with Gasteiger partial charge in [-0.05, 0) is 36.7 Å². The first-order valence-electron chi connectivity index (χ1n) is 8.82. The minimum absolute atomic E-state index is 0.0265. The van der Waals surface area contributed by atoms with Crippen molar-refractivity contribution in [3.63, 3.8) is 0 Å². The highest BCUT2D eigenvalue weighted by Gasteiger charge is 2.37. The molecule has 0 bridgehead atoms. The summed E-state index contributed by atoms with van der Waals surface area (Å²) in [5, 5.41) is 12.5. The molecule has 12 heteroatoms. The van der Waals surface area contributed by atoms with E-state index in [0.717, 1.165) is 0 Å². The molecule has 0 amide bonds. The lowest BCUT2D eigenvalue weighted by atomic mass is 10.1. The van der Waals surface area contributed by atoms with Gasteiger partial charge in [0.25, 0.3) is 5.56 Å². The Balaban J connectivity index is 1.71. The Kier molecular flexibility index (Phi) is 6.00. The summed E-state index contributed by atoms with van der Waals surface area (Å²) in [6.45, 7) is 1.28. The van der Waals surface area contributed by atoms with Crippen molar-refractivity contribution in [1.82, 2.24) is 9.55 Å². The summed E-state index contributed by atoms with van der Waals surface area (Å²) in [6.07, 6.45) is -0.142. The van der Waals surface area contributed by atoms with Gasteiger partial charge < -0.3 is 14.6 Å². The third-order valence-electron chi connectivity index (χ3n) is 4.61. The lowest BCUT2D eigenvalue weighted by molar-refractivity contribution is -0.0363. The van der Waals surface area contributed by atoms with Gasteiger partial charge >= 0.3 is 17.6 Å². The number of carboxylic acid groups (broad SMARTS) is 1. The minimum atomic E-state index is -1.12. The van der Waals surface area contributed by atoms with E-state index >= 15 is 0 Å². The zero-order chi connectivity index (χ0) is 21.8. The number of aromatic amines is 1. The van der Waals surface area contributed by atoms with Crippen LogP contribution in [0.3, 0.4) is 0 Å². The number of aromatic nitrogens is 2. The molecule has 1 aliphatic heterocycles. The standard InChI is InChI=1S/C18H17N5O7/c1-9-7-23(18(28)20-15(9)24)14-6-12(21-22-19)13(30-14)8-29-17(27)11-4-2-10(3-5-11)16(25)26/h2-5,7,12-14H,6,8H2,1H3,(H,25,26)(H,20,24,28)/t12-,13+,14+/m0/s1. The monoisotopic (exact) mass is 415 g/mol. The first-order valence-corrected chi connectivity index (χ1v) is 8.82. The fourth-order valence-corrected chi connectivity index (χ4v) is 3.01. The van der Waals surface area contributed by atoms with Crippen LogP contribution in [0.15, 0.2) is 45.2 Å². The van der Waals surface area contributed by atoms with Crippen molar-refractivity contribution in [3.8, 4) is 0 Å². The lowest BCUT2D eigenvalue weighted by Crippen LogP contribution is -2.33. The number of aromatic carboxylic acids is 1. The summed E-state index contributed by atoms with van der Waals surface area (Å²) in [7, 11) is 0. The number of rotatable bonds is 6. The molecule has 0 radical (unpaired) electrons. The molecular weight excluding hydrogens is 398 g/mol. The van der Waals surface area contributed by atoms with Gasteiger partial charge in [0.1, 0.15) is 18.9 Å². The van der Waals surface area contributed by atoms with Crippen LogP contribution in [-0.4, -0.2) is 45.3 Å². The highest BCUT2D eigenvalue weighted by atomic mass is 16.6. The van der Waals surface area contributed by atoms with E-state index in [-0.39, 0.29) is 24.2 Å². The fourth-order valence-electron chi connectivity index (χ4n) is 3.01. The Morgan fingerprint density at radius 1 is 1.33 bits per heavy atom. The van der Waals surface area contributed by atoms with Crippen LogP contribution in [0.4, 0.5) is 0 Å². The molecule has 1 aromatic heterocycles. The van der Waals surface area contributed by atoms with Crippen molar-refractivity contribution in [1.29, 1.82) is 0 Å². The normalized spacial score (nSPS) is 20.4. The van der Waals surface area contributed by atoms with E-state index < -0.39 is 41.6 Å². The summed E-state index contributed by atoms with van der Waals surface area (Å²) in [5.74, 6) is -1.83. The Bertz CT molecular complexity index is 1130. The van der Waals surface area contributed by atoms with Gasteiger partial charge in [0.2, 0.25) is 0 Å². The Labute approximate surface area is 168 Å². The maximum atomic E-state index is 12.2. The molecule has 3 atom stereocenters. The largest absolute Gasteiger partial charge is 0.478 e. The predicted molar refractivity (Wildman–Crippen MR) is 101 cm³/mol. The summed E-state index contributed by atoms with van der Waals surface area (Å²) in [5.41, 5.74) is 8.08. The average molecular weight is 415 g/mol. The smallest absolute Gasteiger partial charge is 0.338 e. The van der Waals surface area contributed by atoms with Gasteiger partial charge in [-0.2, -0.15) is 0 Å². The number of azide groups is 1. The van der Waals surface area contributed by atoms with Gasteiger partial charge in [0, 0.05) is 23.1 Å². The quantitative estimate of drug-likeness (QED) is 0.310. The number of H-pyrrole nitrogens is 1. The first kappa shape index (κ1) is 20.8. The fraction of sp³-hybridized carbons (Fsp3) is 0.333. The summed E-state index contributed by atoms with van der Waals surface area (Å²) >= 11 is 0. The molecular formula is C18H17N5O7. The second kappa shape index (κ2) is 8.64. The molecule has 0 saturated carbocycles. The average Bonchev–Trinajstić information content (AvgIpc) is 3.11. The van der Waals surface area contributed by atoms with E-state index in [9.17, 15) is 19.2 Å². The number of carboxylic acids is 1. The van der Waals surface area contributed by atoms with Gasteiger partial charge in [-0.3, -0.25) is 14.3 Å². The van der Waals surface area contributed by atoms with Crippen molar-refractivity contribution >= 4 is 11.9 Å². The Morgan fingerprint density at radius 2 is 2.00 bits per heavy atom. The Morgan fingerprint density at radius 3 is 2.63 bits per heavy atom. The number of hydrogen-bond donors (Lipinski definition) is 2. The third-order valence-corrected chi connectivity index (χ3v) is 4.61. The number of benzene rings is 1. The molecule has 1 fully saturated rings. The molecule has 30 heavy (non-hydrogen) atoms. The second-order valence-corrected chi connectivity index (χ2v) is 6.60. The molecule has 1 aromatic carbocycles. The van der Waals surface area contributed by atoms with E-state index in [1.807, 2.05) is 0 Å². The van der Waals surface area contributed by atoms with Crippen LogP contribution in [0.25, 0.3) is 10.4 Å². The van der Waals surface area contributed by atoms with Crippen LogP contribution < -0.4 is 11.2 Å². The first-order chi connectivity index (χ1) is 14.3. The number of carbonyl (C=O) groups excluding carboxylic acids is 1. The molecule has 2 N–H and O–H groups in total. The van der Waals surface area contributed by atoms with Crippen LogP contribution in [0.1, 0.15) is 38.9 Å². The van der Waals surface area contributed by atoms with Gasteiger partial charge in [-0.25, -0.2) is 14.4 Å². The van der Waals surface area contributed by atoms with Crippen LogP contribution in [-0.2, 0) is 9.47 Å². The molecule has 2 heterocycles. The highest BCUT2D eigenvalue weighted by molar-refractivity contribution is 5.92. The maximum Gasteiger partial charge on any atom is 0.338 e. The highest BCUT2D eigenvalue weighted by Crippen LogP contribution is 2.30. The number of aryl methyl sites for hydroxylation is 1. The van der Waals surface area contributed by atoms with Crippen LogP contribution >= 0.6 is 0 Å². The molecule has 12 nitrogen and oxygen atoms in total. The number of nitrogens with zero attached hydrogens (tertiary/aromatic N) is 4. The zero-order valence-electron chi connectivity index (χ0n) is 15.7. The maximum absolute atomic E-state index is 12.2. The molecule has 156 valence electrons. The van der Waals surface area contributed by atoms with E-state index in [1.54, 1.807) is 0 Å². The second-order valence-electron chi connectivity index (χ2n) is 6.60. The van der Waals surface area contributed by atoms with Gasteiger partial charge in [0.15, 0.2) is 0 Å². The van der Waals surface area contributed by atoms with Crippen molar-refractivity contribution in [2.24, 2.45) is 5.11 Å². The number of carbonyl (C=O) groups is 2. The van der Waals surface area contributed by atoms with Crippen LogP contribution in [0.5, 0.6) is 0 Å². The van der Waals surface area contributed by atoms with E-state index in [4.69, 9.17) is 20.1 Å². The van der Waals surface area contributed by atoms with Crippen LogP contribution in [0.2, 0.25) is 0 Å². The molecule has 3 rings (SSSR count). The number of ether oxygens (including phenoxy) is 2. The SMILES string of the molecule is Cc1cn([C@H]2C[C@H](N=[N+]=[N-])[C@@H](COC(=O)c3ccc(C(=O)O)cc3)O2)c(=O)[nH]c1=O. The van der Waals surface area contributed by atoms with Crippen molar-refractivity contribution < 1.29 is 24.2 Å². The van der Waals surface area contributed by atoms with Gasteiger partial charge in [-0.15, -0.1) is 0 Å². The summed E-state index contributed by atoms with van der Waals surface area (Å²) in [4.78, 5) is 51.6. The van der Waals surface area contributed by atoms with Crippen molar-refractivity contribution in [2.45, 2.75) is 31.7 Å². The molecule has 0 aliphatic carbocycles. The predicted octanol–water partition coefficient (Wildman–Crippen LogP) is 1.37. The van der Waals surface area contributed by atoms with Gasteiger partial charge in [-0.1, -0.05) is 5.11 Å². The number of hydrogen-bond acceptors (Lipinski definition) is 7. The molecule has 2 aromatic rings. The van der Waals surface area contributed by atoms with E-state index in [2.05, 4.69) is 15.0 Å². The van der Waals surface area contributed by atoms with Crippen LogP contribution in [0, 0.1) is 6.92 Å². The molecule has 1 aliphatic rings. The summed E-state index contributed by atoms with van der Waals surface area (Å²) in [6, 6.07) is 4.47. The number of esters is 1. The third kappa shape index (κ3) is 4.40. The number of nitrogens with one attached hydrogen (secondary N) is 1.